The Kier molecular flexibility index (Phi) is 8.74. The lowest BCUT2D eigenvalue weighted by molar-refractivity contribution is -0.251. The smallest absolute Gasteiger partial charge is 0.0946 e. The van der Waals surface area contributed by atoms with Gasteiger partial charge in [0.15, 0.2) is 0 Å². The van der Waals surface area contributed by atoms with E-state index in [-0.39, 0.29) is 13.2 Å². The van der Waals surface area contributed by atoms with E-state index in [0.29, 0.717) is 13.1 Å². The molecule has 0 fully saturated rings. The SMILES string of the molecule is CCCN(CCOO)CCOO. The second kappa shape index (κ2) is 8.89. The third-order valence-electron chi connectivity index (χ3n) is 1.54. The Balaban J connectivity index is 3.40. The summed E-state index contributed by atoms with van der Waals surface area (Å²) in [5.41, 5.74) is 0. The minimum atomic E-state index is 0.283. The molecular formula is C7H17NO4. The fourth-order valence-corrected chi connectivity index (χ4v) is 0.991. The lowest BCUT2D eigenvalue weighted by Gasteiger charge is -2.19. The van der Waals surface area contributed by atoms with E-state index in [0.717, 1.165) is 13.0 Å². The van der Waals surface area contributed by atoms with Gasteiger partial charge in [0.05, 0.1) is 13.2 Å². The van der Waals surface area contributed by atoms with Gasteiger partial charge in [-0.15, -0.1) is 0 Å². The Morgan fingerprint density at radius 3 is 1.83 bits per heavy atom. The highest BCUT2D eigenvalue weighted by atomic mass is 17.1. The van der Waals surface area contributed by atoms with Crippen molar-refractivity contribution in [3.05, 3.63) is 0 Å². The summed E-state index contributed by atoms with van der Waals surface area (Å²) in [7, 11) is 0. The summed E-state index contributed by atoms with van der Waals surface area (Å²) in [5, 5.41) is 16.2. The molecule has 0 rings (SSSR count). The summed E-state index contributed by atoms with van der Waals surface area (Å²) in [6.07, 6.45) is 1.02. The van der Waals surface area contributed by atoms with E-state index in [1.165, 1.54) is 0 Å². The molecule has 0 atom stereocenters. The molecule has 0 unspecified atom stereocenters. The van der Waals surface area contributed by atoms with Crippen molar-refractivity contribution in [2.45, 2.75) is 13.3 Å². The van der Waals surface area contributed by atoms with E-state index >= 15 is 0 Å². The Bertz CT molecular complexity index is 83.5. The molecule has 0 heterocycles. The zero-order valence-electron chi connectivity index (χ0n) is 7.40. The predicted octanol–water partition coefficient (Wildman–Crippen LogP) is 0.678. The molecule has 5 heteroatoms. The minimum Gasteiger partial charge on any atom is -0.299 e. The predicted molar refractivity (Wildman–Crippen MR) is 43.9 cm³/mol. The van der Waals surface area contributed by atoms with Crippen LogP contribution in [0.15, 0.2) is 0 Å². The monoisotopic (exact) mass is 179 g/mol. The van der Waals surface area contributed by atoms with Crippen LogP contribution in [-0.4, -0.2) is 48.3 Å². The van der Waals surface area contributed by atoms with Gasteiger partial charge >= 0.3 is 0 Å². The van der Waals surface area contributed by atoms with Crippen molar-refractivity contribution >= 4 is 0 Å². The number of nitrogens with zero attached hydrogens (tertiary/aromatic N) is 1. The summed E-state index contributed by atoms with van der Waals surface area (Å²) < 4.78 is 0. The topological polar surface area (TPSA) is 62.2 Å². The normalized spacial score (nSPS) is 11.0. The van der Waals surface area contributed by atoms with Gasteiger partial charge in [-0.3, -0.25) is 15.4 Å². The van der Waals surface area contributed by atoms with Gasteiger partial charge in [0, 0.05) is 13.1 Å². The second-order valence-electron chi connectivity index (χ2n) is 2.51. The van der Waals surface area contributed by atoms with E-state index in [1.807, 2.05) is 4.90 Å². The lowest BCUT2D eigenvalue weighted by atomic mass is 10.4. The van der Waals surface area contributed by atoms with Crippen molar-refractivity contribution in [3.8, 4) is 0 Å². The zero-order valence-corrected chi connectivity index (χ0v) is 7.40. The third kappa shape index (κ3) is 6.51. The standard InChI is InChI=1S/C7H17NO4/c1-2-3-8(4-6-11-9)5-7-12-10/h9-10H,2-7H2,1H3. The van der Waals surface area contributed by atoms with Gasteiger partial charge in [0.25, 0.3) is 0 Å². The molecule has 0 aromatic heterocycles. The first-order valence-electron chi connectivity index (χ1n) is 4.10. The number of hydrogen-bond donors (Lipinski definition) is 2. The Morgan fingerprint density at radius 2 is 1.50 bits per heavy atom. The molecule has 0 bridgehead atoms. The highest BCUT2D eigenvalue weighted by Gasteiger charge is 2.02. The Labute approximate surface area is 72.4 Å². The van der Waals surface area contributed by atoms with Crippen molar-refractivity contribution in [1.29, 1.82) is 0 Å². The lowest BCUT2D eigenvalue weighted by Crippen LogP contribution is -2.31. The van der Waals surface area contributed by atoms with E-state index in [1.54, 1.807) is 0 Å². The summed E-state index contributed by atoms with van der Waals surface area (Å²) in [6.45, 7) is 4.83. The molecule has 0 spiro atoms. The maximum Gasteiger partial charge on any atom is 0.0946 e. The largest absolute Gasteiger partial charge is 0.299 e. The summed E-state index contributed by atoms with van der Waals surface area (Å²) in [4.78, 5) is 9.94. The zero-order chi connectivity index (χ0) is 9.23. The second-order valence-corrected chi connectivity index (χ2v) is 2.51. The van der Waals surface area contributed by atoms with Crippen LogP contribution in [0.2, 0.25) is 0 Å². The molecule has 0 saturated heterocycles. The van der Waals surface area contributed by atoms with Gasteiger partial charge < -0.3 is 0 Å². The molecule has 0 aliphatic rings. The first-order chi connectivity index (χ1) is 5.85. The molecule has 0 amide bonds. The third-order valence-corrected chi connectivity index (χ3v) is 1.54. The maximum absolute atomic E-state index is 8.10. The van der Waals surface area contributed by atoms with Gasteiger partial charge in [-0.05, 0) is 13.0 Å². The quantitative estimate of drug-likeness (QED) is 0.423. The first kappa shape index (κ1) is 11.8. The van der Waals surface area contributed by atoms with Gasteiger partial charge in [0.2, 0.25) is 0 Å². The molecule has 0 aliphatic heterocycles. The van der Waals surface area contributed by atoms with Crippen molar-refractivity contribution in [2.24, 2.45) is 0 Å². The summed E-state index contributed by atoms with van der Waals surface area (Å²) in [5.74, 6) is 0. The Morgan fingerprint density at radius 1 is 1.00 bits per heavy atom. The number of hydrogen-bond acceptors (Lipinski definition) is 5. The van der Waals surface area contributed by atoms with Crippen LogP contribution < -0.4 is 0 Å². The van der Waals surface area contributed by atoms with Crippen LogP contribution >= 0.6 is 0 Å². The molecule has 0 aliphatic carbocycles. The van der Waals surface area contributed by atoms with Crippen LogP contribution in [-0.2, 0) is 9.78 Å². The fourth-order valence-electron chi connectivity index (χ4n) is 0.991. The van der Waals surface area contributed by atoms with Crippen LogP contribution in [0, 0.1) is 0 Å². The average molecular weight is 179 g/mol. The van der Waals surface area contributed by atoms with Crippen LogP contribution in [0.3, 0.4) is 0 Å². The van der Waals surface area contributed by atoms with Crippen molar-refractivity contribution in [2.75, 3.05) is 32.8 Å². The Hall–Kier alpha value is -0.200. The molecule has 5 nitrogen and oxygen atoms in total. The molecule has 12 heavy (non-hydrogen) atoms. The van der Waals surface area contributed by atoms with E-state index < -0.39 is 0 Å². The molecule has 2 N–H and O–H groups in total. The molecule has 0 aromatic rings. The fraction of sp³-hybridized carbons (Fsp3) is 1.00. The first-order valence-corrected chi connectivity index (χ1v) is 4.10. The van der Waals surface area contributed by atoms with Crippen molar-refractivity contribution < 1.29 is 20.3 Å². The summed E-state index contributed by atoms with van der Waals surface area (Å²) in [6, 6.07) is 0. The van der Waals surface area contributed by atoms with Gasteiger partial charge in [0.1, 0.15) is 0 Å². The molecule has 0 aromatic carbocycles. The van der Waals surface area contributed by atoms with Crippen molar-refractivity contribution in [3.63, 3.8) is 0 Å². The summed E-state index contributed by atoms with van der Waals surface area (Å²) >= 11 is 0. The van der Waals surface area contributed by atoms with Gasteiger partial charge in [-0.25, -0.2) is 9.78 Å². The minimum absolute atomic E-state index is 0.283. The van der Waals surface area contributed by atoms with Crippen LogP contribution in [0.25, 0.3) is 0 Å². The highest BCUT2D eigenvalue weighted by molar-refractivity contribution is 4.54. The molecule has 74 valence electrons. The van der Waals surface area contributed by atoms with Gasteiger partial charge in [-0.2, -0.15) is 0 Å². The molecule has 0 saturated carbocycles. The van der Waals surface area contributed by atoms with E-state index in [4.69, 9.17) is 10.5 Å². The molecular weight excluding hydrogens is 162 g/mol. The van der Waals surface area contributed by atoms with Gasteiger partial charge in [-0.1, -0.05) is 6.92 Å². The maximum atomic E-state index is 8.10. The molecule has 0 radical (unpaired) electrons. The average Bonchev–Trinajstić information content (AvgIpc) is 2.10. The highest BCUT2D eigenvalue weighted by Crippen LogP contribution is 1.90. The number of rotatable bonds is 8. The van der Waals surface area contributed by atoms with Crippen LogP contribution in [0.4, 0.5) is 0 Å². The van der Waals surface area contributed by atoms with E-state index in [9.17, 15) is 0 Å². The van der Waals surface area contributed by atoms with E-state index in [2.05, 4.69) is 16.7 Å². The van der Waals surface area contributed by atoms with Crippen LogP contribution in [0.5, 0.6) is 0 Å². The van der Waals surface area contributed by atoms with Crippen LogP contribution in [0.1, 0.15) is 13.3 Å². The van der Waals surface area contributed by atoms with Crippen molar-refractivity contribution in [1.82, 2.24) is 4.90 Å².